The first kappa shape index (κ1) is 13.9. The van der Waals surface area contributed by atoms with E-state index in [4.69, 9.17) is 9.84 Å². The Bertz CT molecular complexity index is 570. The third-order valence-electron chi connectivity index (χ3n) is 2.96. The fourth-order valence-corrected chi connectivity index (χ4v) is 1.94. The van der Waals surface area contributed by atoms with Crippen molar-refractivity contribution >= 4 is 0 Å². The van der Waals surface area contributed by atoms with Gasteiger partial charge in [0.15, 0.2) is 0 Å². The summed E-state index contributed by atoms with van der Waals surface area (Å²) in [5.74, 6) is -1.18. The molecule has 1 aliphatic rings. The Labute approximate surface area is 105 Å². The van der Waals surface area contributed by atoms with E-state index in [0.29, 0.717) is 6.20 Å². The van der Waals surface area contributed by atoms with Crippen molar-refractivity contribution in [2.45, 2.75) is 31.0 Å². The first-order valence-corrected chi connectivity index (χ1v) is 5.57. The molecule has 8 nitrogen and oxygen atoms in total. The Kier molecular flexibility index (Phi) is 3.80. The molecule has 1 aromatic rings. The summed E-state index contributed by atoms with van der Waals surface area (Å²) in [6.07, 6.45) is -4.25. The number of halogens is 1. The lowest BCUT2D eigenvalue weighted by Crippen LogP contribution is -2.50. The topological polar surface area (TPSA) is 125 Å². The highest BCUT2D eigenvalue weighted by molar-refractivity contribution is 4.91. The molecule has 1 saturated heterocycles. The van der Waals surface area contributed by atoms with Gasteiger partial charge in [0.2, 0.25) is 5.82 Å². The first-order valence-electron chi connectivity index (χ1n) is 5.57. The Morgan fingerprint density at radius 3 is 2.79 bits per heavy atom. The van der Waals surface area contributed by atoms with E-state index in [1.54, 1.807) is 4.98 Å². The summed E-state index contributed by atoms with van der Waals surface area (Å²) in [6.45, 7) is -0.574. The van der Waals surface area contributed by atoms with Gasteiger partial charge in [-0.2, -0.15) is 4.39 Å². The molecule has 19 heavy (non-hydrogen) atoms. The van der Waals surface area contributed by atoms with Crippen molar-refractivity contribution in [3.63, 3.8) is 0 Å². The molecule has 0 aromatic carbocycles. The molecule has 1 aliphatic heterocycles. The molecule has 0 spiro atoms. The van der Waals surface area contributed by atoms with E-state index in [2.05, 4.69) is 0 Å². The van der Waals surface area contributed by atoms with Gasteiger partial charge in [-0.25, -0.2) is 4.79 Å². The van der Waals surface area contributed by atoms with Gasteiger partial charge in [0, 0.05) is 6.42 Å². The van der Waals surface area contributed by atoms with Crippen LogP contribution in [0.5, 0.6) is 0 Å². The Morgan fingerprint density at radius 1 is 1.47 bits per heavy atom. The zero-order valence-electron chi connectivity index (χ0n) is 9.69. The van der Waals surface area contributed by atoms with E-state index in [9.17, 15) is 24.2 Å². The molecule has 4 N–H and O–H groups in total. The molecule has 2 rings (SSSR count). The maximum atomic E-state index is 13.1. The second-order valence-electron chi connectivity index (χ2n) is 4.25. The number of nitrogens with zero attached hydrogens (tertiary/aromatic N) is 1. The number of rotatable bonds is 2. The Hall–Kier alpha value is -1.55. The molecule has 9 heteroatoms. The molecule has 0 amide bonds. The van der Waals surface area contributed by atoms with Gasteiger partial charge in [-0.1, -0.05) is 0 Å². The van der Waals surface area contributed by atoms with Crippen molar-refractivity contribution < 1.29 is 24.4 Å². The molecular formula is C10H13FN2O6. The quantitative estimate of drug-likeness (QED) is 0.480. The highest BCUT2D eigenvalue weighted by Crippen LogP contribution is 2.26. The van der Waals surface area contributed by atoms with Gasteiger partial charge >= 0.3 is 5.69 Å². The summed E-state index contributed by atoms with van der Waals surface area (Å²) in [6, 6.07) is 0. The third-order valence-corrected chi connectivity index (χ3v) is 2.96. The minimum atomic E-state index is -1.30. The Morgan fingerprint density at radius 2 is 2.16 bits per heavy atom. The number of aliphatic hydroxyl groups excluding tert-OH is 3. The zero-order valence-corrected chi connectivity index (χ0v) is 9.69. The molecule has 1 aromatic heterocycles. The van der Waals surface area contributed by atoms with Gasteiger partial charge < -0.3 is 20.1 Å². The standard InChI is InChI=1S/C10H13FN2O6/c11-4-2-13(10(18)12-9(4)17)7-1-5(15)8(16)6(3-14)19-7/h2,5-8,14-16H,1,3H2,(H,12,17,18)/t5-,6-,7+,8-/m0/s1. The van der Waals surface area contributed by atoms with Crippen LogP contribution in [0.4, 0.5) is 4.39 Å². The average Bonchev–Trinajstić information content (AvgIpc) is 2.37. The third kappa shape index (κ3) is 2.59. The van der Waals surface area contributed by atoms with Gasteiger partial charge in [-0.3, -0.25) is 14.3 Å². The second-order valence-corrected chi connectivity index (χ2v) is 4.25. The maximum absolute atomic E-state index is 13.1. The smallest absolute Gasteiger partial charge is 0.330 e. The highest BCUT2D eigenvalue weighted by atomic mass is 19.1. The van der Waals surface area contributed by atoms with Crippen LogP contribution in [0.1, 0.15) is 12.6 Å². The number of aromatic amines is 1. The van der Waals surface area contributed by atoms with E-state index in [-0.39, 0.29) is 6.42 Å². The molecule has 4 atom stereocenters. The Balaban J connectivity index is 2.35. The molecular weight excluding hydrogens is 263 g/mol. The highest BCUT2D eigenvalue weighted by Gasteiger charge is 2.37. The summed E-state index contributed by atoms with van der Waals surface area (Å²) in [7, 11) is 0. The van der Waals surface area contributed by atoms with Gasteiger partial charge in [0.05, 0.1) is 18.9 Å². The number of ether oxygens (including phenoxy) is 1. The van der Waals surface area contributed by atoms with Crippen molar-refractivity contribution in [2.75, 3.05) is 6.61 Å². The van der Waals surface area contributed by atoms with Crippen LogP contribution in [0.15, 0.2) is 15.8 Å². The normalized spacial score (nSPS) is 31.4. The SMILES string of the molecule is O=c1[nH]c(=O)n([C@H]2C[C@H](O)[C@H](O)[C@H](CO)O2)cc1F. The lowest BCUT2D eigenvalue weighted by molar-refractivity contribution is -0.202. The van der Waals surface area contributed by atoms with E-state index in [1.807, 2.05) is 0 Å². The lowest BCUT2D eigenvalue weighted by Gasteiger charge is -2.36. The van der Waals surface area contributed by atoms with E-state index in [0.717, 1.165) is 4.57 Å². The van der Waals surface area contributed by atoms with Crippen molar-refractivity contribution in [3.05, 3.63) is 32.9 Å². The number of H-pyrrole nitrogens is 1. The predicted octanol–water partition coefficient (Wildman–Crippen LogP) is -2.32. The number of hydrogen-bond acceptors (Lipinski definition) is 6. The van der Waals surface area contributed by atoms with Crippen LogP contribution in [0, 0.1) is 5.82 Å². The van der Waals surface area contributed by atoms with E-state index >= 15 is 0 Å². The van der Waals surface area contributed by atoms with Gasteiger partial charge in [-0.05, 0) is 0 Å². The second kappa shape index (κ2) is 5.21. The summed E-state index contributed by atoms with van der Waals surface area (Å²) in [5.41, 5.74) is -2.06. The fourth-order valence-electron chi connectivity index (χ4n) is 1.94. The van der Waals surface area contributed by atoms with Gasteiger partial charge in [0.25, 0.3) is 5.56 Å². The lowest BCUT2D eigenvalue weighted by atomic mass is 10.0. The van der Waals surface area contributed by atoms with Crippen LogP contribution in [-0.2, 0) is 4.74 Å². The summed E-state index contributed by atoms with van der Waals surface area (Å²) < 4.78 is 19.1. The van der Waals surface area contributed by atoms with E-state index < -0.39 is 48.2 Å². The van der Waals surface area contributed by atoms with Crippen LogP contribution in [0.3, 0.4) is 0 Å². The van der Waals surface area contributed by atoms with Crippen molar-refractivity contribution in [3.8, 4) is 0 Å². The van der Waals surface area contributed by atoms with Crippen molar-refractivity contribution in [1.82, 2.24) is 9.55 Å². The monoisotopic (exact) mass is 276 g/mol. The molecule has 2 heterocycles. The zero-order chi connectivity index (χ0) is 14.2. The van der Waals surface area contributed by atoms with Crippen molar-refractivity contribution in [1.29, 1.82) is 0 Å². The maximum Gasteiger partial charge on any atom is 0.330 e. The summed E-state index contributed by atoms with van der Waals surface area (Å²) >= 11 is 0. The fraction of sp³-hybridized carbons (Fsp3) is 0.600. The number of aliphatic hydroxyl groups is 3. The molecule has 0 saturated carbocycles. The molecule has 0 unspecified atom stereocenters. The molecule has 106 valence electrons. The molecule has 0 bridgehead atoms. The van der Waals surface area contributed by atoms with Crippen molar-refractivity contribution in [2.24, 2.45) is 0 Å². The van der Waals surface area contributed by atoms with Crippen LogP contribution in [0.2, 0.25) is 0 Å². The number of aromatic nitrogens is 2. The van der Waals surface area contributed by atoms with Crippen LogP contribution in [-0.4, -0.2) is 49.8 Å². The molecule has 0 aliphatic carbocycles. The van der Waals surface area contributed by atoms with Crippen LogP contribution in [0.25, 0.3) is 0 Å². The minimum absolute atomic E-state index is 0.178. The van der Waals surface area contributed by atoms with Gasteiger partial charge in [-0.15, -0.1) is 0 Å². The van der Waals surface area contributed by atoms with Gasteiger partial charge in [0.1, 0.15) is 18.4 Å². The first-order chi connectivity index (χ1) is 8.93. The summed E-state index contributed by atoms with van der Waals surface area (Å²) in [5, 5.41) is 28.1. The number of hydrogen-bond donors (Lipinski definition) is 4. The van der Waals surface area contributed by atoms with Crippen LogP contribution >= 0.6 is 0 Å². The molecule has 1 fully saturated rings. The predicted molar refractivity (Wildman–Crippen MR) is 58.9 cm³/mol. The van der Waals surface area contributed by atoms with Crippen LogP contribution < -0.4 is 11.2 Å². The average molecular weight is 276 g/mol. The minimum Gasteiger partial charge on any atom is -0.394 e. The largest absolute Gasteiger partial charge is 0.394 e. The van der Waals surface area contributed by atoms with E-state index in [1.165, 1.54) is 0 Å². The molecule has 0 radical (unpaired) electrons. The summed E-state index contributed by atoms with van der Waals surface area (Å²) in [4.78, 5) is 24.2. The number of nitrogens with one attached hydrogen (secondary N) is 1.